The molecule has 8 nitrogen and oxygen atoms in total. The van der Waals surface area contributed by atoms with Crippen LogP contribution in [0.5, 0.6) is 0 Å². The summed E-state index contributed by atoms with van der Waals surface area (Å²) >= 11 is 0. The molecule has 8 heteroatoms. The van der Waals surface area contributed by atoms with Crippen LogP contribution in [0.25, 0.3) is 0 Å². The Hall–Kier alpha value is -3.75. The maximum atomic E-state index is 13.2. The summed E-state index contributed by atoms with van der Waals surface area (Å²) in [5, 5.41) is 14.8. The summed E-state index contributed by atoms with van der Waals surface area (Å²) in [5.41, 5.74) is 2.01. The molecule has 0 aliphatic heterocycles. The largest absolute Gasteiger partial charge is 0.463 e. The van der Waals surface area contributed by atoms with E-state index >= 15 is 0 Å². The van der Waals surface area contributed by atoms with Gasteiger partial charge in [-0.1, -0.05) is 72.8 Å². The average molecular weight is 565 g/mol. The SMILES string of the molecule is C=CCC[C@H](Cc1ccccc1)C(=O)OC[C@H](COCc1ccccc1)NC(=O)[C@@H](CC=C)CC(=O)N[C@@H](C)CO. The highest BCUT2D eigenvalue weighted by atomic mass is 16.5. The van der Waals surface area contributed by atoms with Crippen LogP contribution in [0, 0.1) is 11.8 Å². The molecule has 0 heterocycles. The van der Waals surface area contributed by atoms with Crippen molar-refractivity contribution >= 4 is 17.8 Å². The van der Waals surface area contributed by atoms with Gasteiger partial charge in [-0.15, -0.1) is 13.2 Å². The number of rotatable bonds is 20. The van der Waals surface area contributed by atoms with Crippen molar-refractivity contribution in [3.8, 4) is 0 Å². The van der Waals surface area contributed by atoms with Crippen LogP contribution in [0.1, 0.15) is 43.7 Å². The number of hydrogen-bond donors (Lipinski definition) is 3. The zero-order chi connectivity index (χ0) is 29.9. The molecule has 0 fully saturated rings. The number of esters is 1. The summed E-state index contributed by atoms with van der Waals surface area (Å²) in [6, 6.07) is 18.3. The molecule has 0 radical (unpaired) electrons. The second-order valence-electron chi connectivity index (χ2n) is 10.2. The predicted octanol–water partition coefficient (Wildman–Crippen LogP) is 4.14. The zero-order valence-electron chi connectivity index (χ0n) is 24.0. The number of ether oxygens (including phenoxy) is 2. The van der Waals surface area contributed by atoms with Crippen molar-refractivity contribution in [2.24, 2.45) is 11.8 Å². The molecule has 0 saturated heterocycles. The minimum atomic E-state index is -0.677. The molecule has 3 N–H and O–H groups in total. The minimum absolute atomic E-state index is 0.0692. The van der Waals surface area contributed by atoms with Gasteiger partial charge in [0.1, 0.15) is 6.61 Å². The van der Waals surface area contributed by atoms with E-state index in [4.69, 9.17) is 9.47 Å². The van der Waals surface area contributed by atoms with Crippen LogP contribution in [0.3, 0.4) is 0 Å². The fourth-order valence-corrected chi connectivity index (χ4v) is 4.25. The average Bonchev–Trinajstić information content (AvgIpc) is 2.98. The summed E-state index contributed by atoms with van der Waals surface area (Å²) < 4.78 is 11.6. The summed E-state index contributed by atoms with van der Waals surface area (Å²) in [6.45, 7) is 9.32. The van der Waals surface area contributed by atoms with E-state index in [0.717, 1.165) is 11.1 Å². The molecule has 0 saturated carbocycles. The zero-order valence-corrected chi connectivity index (χ0v) is 24.0. The van der Waals surface area contributed by atoms with Gasteiger partial charge in [-0.2, -0.15) is 0 Å². The molecular weight excluding hydrogens is 520 g/mol. The second-order valence-corrected chi connectivity index (χ2v) is 10.2. The Kier molecular flexibility index (Phi) is 15.8. The van der Waals surface area contributed by atoms with E-state index in [1.54, 1.807) is 19.1 Å². The van der Waals surface area contributed by atoms with Gasteiger partial charge in [0.2, 0.25) is 11.8 Å². The van der Waals surface area contributed by atoms with Crippen LogP contribution < -0.4 is 10.6 Å². The highest BCUT2D eigenvalue weighted by Gasteiger charge is 2.26. The smallest absolute Gasteiger partial charge is 0.309 e. The fraction of sp³-hybridized carbons (Fsp3) is 0.424. The fourth-order valence-electron chi connectivity index (χ4n) is 4.25. The van der Waals surface area contributed by atoms with Crippen molar-refractivity contribution in [3.63, 3.8) is 0 Å². The standard InChI is InChI=1S/C33H44N2O6/c1-4-6-18-29(19-26-14-9-7-10-15-26)33(39)41-24-30(23-40-22-27-16-11-8-12-17-27)35-32(38)28(13-5-2)20-31(37)34-25(3)21-36/h4-5,7-12,14-17,25,28-30,36H,1-2,6,13,18-24H2,3H3,(H,34,37)(H,35,38)/t25-,28-,29+,30-/m0/s1. The van der Waals surface area contributed by atoms with Crippen molar-refractivity contribution in [2.45, 2.75) is 57.7 Å². The normalized spacial score (nSPS) is 13.7. The summed E-state index contributed by atoms with van der Waals surface area (Å²) in [7, 11) is 0. The van der Waals surface area contributed by atoms with Crippen molar-refractivity contribution in [3.05, 3.63) is 97.1 Å². The highest BCUT2D eigenvalue weighted by molar-refractivity contribution is 5.86. The number of allylic oxidation sites excluding steroid dienone is 2. The number of carbonyl (C=O) groups is 3. The van der Waals surface area contributed by atoms with E-state index < -0.39 is 18.0 Å². The molecule has 0 aromatic heterocycles. The van der Waals surface area contributed by atoms with E-state index in [9.17, 15) is 19.5 Å². The van der Waals surface area contributed by atoms with Gasteiger partial charge in [0, 0.05) is 12.5 Å². The van der Waals surface area contributed by atoms with Crippen LogP contribution in [-0.4, -0.2) is 54.8 Å². The number of aliphatic hydroxyl groups is 1. The maximum Gasteiger partial charge on any atom is 0.309 e. The lowest BCUT2D eigenvalue weighted by Gasteiger charge is -2.24. The summed E-state index contributed by atoms with van der Waals surface area (Å²) in [6.07, 6.45) is 5.39. The van der Waals surface area contributed by atoms with E-state index in [0.29, 0.717) is 25.9 Å². The topological polar surface area (TPSA) is 114 Å². The van der Waals surface area contributed by atoms with Crippen LogP contribution in [0.2, 0.25) is 0 Å². The number of hydrogen-bond acceptors (Lipinski definition) is 6. The molecule has 2 rings (SSSR count). The third-order valence-electron chi connectivity index (χ3n) is 6.52. The quantitative estimate of drug-likeness (QED) is 0.165. The molecular formula is C33H44N2O6. The monoisotopic (exact) mass is 564 g/mol. The van der Waals surface area contributed by atoms with Gasteiger partial charge >= 0.3 is 5.97 Å². The van der Waals surface area contributed by atoms with Gasteiger partial charge in [0.05, 0.1) is 37.7 Å². The molecule has 0 spiro atoms. The lowest BCUT2D eigenvalue weighted by Crippen LogP contribution is -2.46. The lowest BCUT2D eigenvalue weighted by molar-refractivity contribution is -0.150. The van der Waals surface area contributed by atoms with Gasteiger partial charge in [0.25, 0.3) is 0 Å². The number of aliphatic hydroxyl groups excluding tert-OH is 1. The molecule has 0 unspecified atom stereocenters. The third kappa shape index (κ3) is 13.4. The minimum Gasteiger partial charge on any atom is -0.463 e. The Morgan fingerprint density at radius 3 is 2.17 bits per heavy atom. The van der Waals surface area contributed by atoms with Gasteiger partial charge in [0.15, 0.2) is 0 Å². The second kappa shape index (κ2) is 19.3. The van der Waals surface area contributed by atoms with Crippen LogP contribution in [0.4, 0.5) is 0 Å². The first-order valence-electron chi connectivity index (χ1n) is 14.1. The van der Waals surface area contributed by atoms with Crippen molar-refractivity contribution in [1.82, 2.24) is 10.6 Å². The molecule has 0 aliphatic rings. The number of benzene rings is 2. The number of amides is 2. The molecule has 2 aromatic rings. The highest BCUT2D eigenvalue weighted by Crippen LogP contribution is 2.17. The Balaban J connectivity index is 2.08. The summed E-state index contributed by atoms with van der Waals surface area (Å²) in [5.74, 6) is -2.10. The Morgan fingerprint density at radius 2 is 1.56 bits per heavy atom. The first-order valence-corrected chi connectivity index (χ1v) is 14.1. The van der Waals surface area contributed by atoms with Gasteiger partial charge in [-0.25, -0.2) is 0 Å². The lowest BCUT2D eigenvalue weighted by atomic mass is 9.95. The molecule has 2 aromatic carbocycles. The first-order chi connectivity index (χ1) is 19.9. The number of carbonyl (C=O) groups excluding carboxylic acids is 3. The third-order valence-corrected chi connectivity index (χ3v) is 6.52. The van der Waals surface area contributed by atoms with Crippen molar-refractivity contribution in [2.75, 3.05) is 19.8 Å². The van der Waals surface area contributed by atoms with E-state index in [2.05, 4.69) is 23.8 Å². The van der Waals surface area contributed by atoms with Crippen LogP contribution in [0.15, 0.2) is 86.0 Å². The molecule has 4 atom stereocenters. The van der Waals surface area contributed by atoms with Gasteiger partial charge < -0.3 is 25.2 Å². The van der Waals surface area contributed by atoms with E-state index in [-0.39, 0.29) is 56.4 Å². The van der Waals surface area contributed by atoms with Crippen molar-refractivity contribution in [1.29, 1.82) is 0 Å². The Morgan fingerprint density at radius 1 is 0.902 bits per heavy atom. The van der Waals surface area contributed by atoms with Crippen molar-refractivity contribution < 1.29 is 29.0 Å². The van der Waals surface area contributed by atoms with Gasteiger partial charge in [-0.3, -0.25) is 14.4 Å². The molecule has 222 valence electrons. The Bertz CT molecular complexity index is 1080. The van der Waals surface area contributed by atoms with Crippen LogP contribution in [-0.2, 0) is 36.9 Å². The molecule has 0 bridgehead atoms. The predicted molar refractivity (Wildman–Crippen MR) is 160 cm³/mol. The van der Waals surface area contributed by atoms with Gasteiger partial charge in [-0.05, 0) is 43.7 Å². The molecule has 0 aliphatic carbocycles. The van der Waals surface area contributed by atoms with Crippen LogP contribution >= 0.6 is 0 Å². The first kappa shape index (κ1) is 33.5. The van der Waals surface area contributed by atoms with E-state index in [1.807, 2.05) is 60.7 Å². The Labute approximate surface area is 243 Å². The summed E-state index contributed by atoms with van der Waals surface area (Å²) in [4.78, 5) is 38.8. The molecule has 2 amide bonds. The maximum absolute atomic E-state index is 13.2. The number of nitrogens with one attached hydrogen (secondary N) is 2. The van der Waals surface area contributed by atoms with E-state index in [1.165, 1.54) is 0 Å². The molecule has 41 heavy (non-hydrogen) atoms.